The van der Waals surface area contributed by atoms with Gasteiger partial charge in [0, 0.05) is 22.9 Å². The van der Waals surface area contributed by atoms with Crippen LogP contribution in [0.15, 0.2) is 53.4 Å². The second kappa shape index (κ2) is 6.40. The molecular weight excluding hydrogens is 252 g/mol. The summed E-state index contributed by atoms with van der Waals surface area (Å²) in [6.45, 7) is 0.699. The SMILES string of the molecule is Fc1ccc(F)c(SCCNc2ccccc2)c1. The Kier molecular flexibility index (Phi) is 4.59. The van der Waals surface area contributed by atoms with Gasteiger partial charge in [0.25, 0.3) is 0 Å². The summed E-state index contributed by atoms with van der Waals surface area (Å²) in [5.41, 5.74) is 1.03. The van der Waals surface area contributed by atoms with Gasteiger partial charge in [-0.2, -0.15) is 0 Å². The molecule has 2 aromatic rings. The summed E-state index contributed by atoms with van der Waals surface area (Å²) in [6, 6.07) is 13.3. The lowest BCUT2D eigenvalue weighted by Crippen LogP contribution is -2.03. The quantitative estimate of drug-likeness (QED) is 0.643. The van der Waals surface area contributed by atoms with Crippen molar-refractivity contribution in [1.82, 2.24) is 0 Å². The van der Waals surface area contributed by atoms with Crippen molar-refractivity contribution in [1.29, 1.82) is 0 Å². The predicted octanol–water partition coefficient (Wildman–Crippen LogP) is 4.17. The normalized spacial score (nSPS) is 10.3. The van der Waals surface area contributed by atoms with Gasteiger partial charge in [0.15, 0.2) is 0 Å². The van der Waals surface area contributed by atoms with Gasteiger partial charge in [-0.15, -0.1) is 11.8 Å². The van der Waals surface area contributed by atoms with E-state index in [1.54, 1.807) is 0 Å². The third-order valence-electron chi connectivity index (χ3n) is 2.36. The molecule has 0 aliphatic carbocycles. The Morgan fingerprint density at radius 2 is 1.78 bits per heavy atom. The van der Waals surface area contributed by atoms with Crippen LogP contribution < -0.4 is 5.32 Å². The molecule has 18 heavy (non-hydrogen) atoms. The summed E-state index contributed by atoms with van der Waals surface area (Å²) in [6.07, 6.45) is 0. The highest BCUT2D eigenvalue weighted by atomic mass is 32.2. The summed E-state index contributed by atoms with van der Waals surface area (Å²) < 4.78 is 26.2. The van der Waals surface area contributed by atoms with Crippen LogP contribution in [0.2, 0.25) is 0 Å². The van der Waals surface area contributed by atoms with Crippen LogP contribution in [-0.4, -0.2) is 12.3 Å². The van der Waals surface area contributed by atoms with E-state index in [0.717, 1.165) is 17.8 Å². The minimum atomic E-state index is -0.407. The van der Waals surface area contributed by atoms with Gasteiger partial charge in [-0.3, -0.25) is 0 Å². The number of rotatable bonds is 5. The van der Waals surface area contributed by atoms with E-state index in [2.05, 4.69) is 5.32 Å². The minimum Gasteiger partial charge on any atom is -0.384 e. The second-order valence-corrected chi connectivity index (χ2v) is 4.85. The number of nitrogens with one attached hydrogen (secondary N) is 1. The Balaban J connectivity index is 1.80. The minimum absolute atomic E-state index is 0.352. The van der Waals surface area contributed by atoms with Crippen LogP contribution in [0, 0.1) is 11.6 Å². The van der Waals surface area contributed by atoms with Crippen LogP contribution in [0.3, 0.4) is 0 Å². The standard InChI is InChI=1S/C14H13F2NS/c15-11-6-7-13(16)14(10-11)18-9-8-17-12-4-2-1-3-5-12/h1-7,10,17H,8-9H2. The summed E-state index contributed by atoms with van der Waals surface area (Å²) in [7, 11) is 0. The van der Waals surface area contributed by atoms with Crippen molar-refractivity contribution in [2.24, 2.45) is 0 Å². The largest absolute Gasteiger partial charge is 0.384 e. The lowest BCUT2D eigenvalue weighted by molar-refractivity contribution is 0.577. The van der Waals surface area contributed by atoms with E-state index >= 15 is 0 Å². The van der Waals surface area contributed by atoms with E-state index in [9.17, 15) is 8.78 Å². The number of hydrogen-bond acceptors (Lipinski definition) is 2. The third-order valence-corrected chi connectivity index (χ3v) is 3.39. The monoisotopic (exact) mass is 265 g/mol. The molecule has 0 fully saturated rings. The topological polar surface area (TPSA) is 12.0 Å². The number of benzene rings is 2. The average molecular weight is 265 g/mol. The highest BCUT2D eigenvalue weighted by Gasteiger charge is 2.03. The molecule has 4 heteroatoms. The zero-order valence-electron chi connectivity index (χ0n) is 9.70. The fourth-order valence-electron chi connectivity index (χ4n) is 1.50. The highest BCUT2D eigenvalue weighted by Crippen LogP contribution is 2.22. The number of para-hydroxylation sites is 1. The Morgan fingerprint density at radius 1 is 1.00 bits per heavy atom. The maximum Gasteiger partial charge on any atom is 0.136 e. The van der Waals surface area contributed by atoms with E-state index in [4.69, 9.17) is 0 Å². The van der Waals surface area contributed by atoms with Gasteiger partial charge in [-0.1, -0.05) is 18.2 Å². The maximum atomic E-state index is 13.3. The molecule has 0 aliphatic heterocycles. The molecule has 0 heterocycles. The van der Waals surface area contributed by atoms with Gasteiger partial charge in [0.05, 0.1) is 0 Å². The fraction of sp³-hybridized carbons (Fsp3) is 0.143. The number of hydrogen-bond donors (Lipinski definition) is 1. The molecule has 0 unspecified atom stereocenters. The molecule has 0 saturated carbocycles. The van der Waals surface area contributed by atoms with Crippen LogP contribution in [0.4, 0.5) is 14.5 Å². The molecule has 1 nitrogen and oxygen atoms in total. The van der Waals surface area contributed by atoms with Gasteiger partial charge in [-0.05, 0) is 30.3 Å². The summed E-state index contributed by atoms with van der Waals surface area (Å²) >= 11 is 1.30. The van der Waals surface area contributed by atoms with E-state index in [-0.39, 0.29) is 5.82 Å². The van der Waals surface area contributed by atoms with Crippen molar-refractivity contribution in [2.75, 3.05) is 17.6 Å². The second-order valence-electron chi connectivity index (χ2n) is 3.72. The molecular formula is C14H13F2NS. The van der Waals surface area contributed by atoms with Crippen molar-refractivity contribution in [3.8, 4) is 0 Å². The molecule has 0 aromatic heterocycles. The molecule has 0 radical (unpaired) electrons. The smallest absolute Gasteiger partial charge is 0.136 e. The third kappa shape index (κ3) is 3.74. The first-order valence-corrected chi connectivity index (χ1v) is 6.61. The van der Waals surface area contributed by atoms with Gasteiger partial charge in [0.1, 0.15) is 11.6 Å². The van der Waals surface area contributed by atoms with Crippen LogP contribution >= 0.6 is 11.8 Å². The van der Waals surface area contributed by atoms with Crippen LogP contribution in [0.25, 0.3) is 0 Å². The molecule has 0 atom stereocenters. The van der Waals surface area contributed by atoms with Gasteiger partial charge >= 0.3 is 0 Å². The molecule has 0 bridgehead atoms. The van der Waals surface area contributed by atoms with Crippen molar-refractivity contribution in [3.05, 3.63) is 60.2 Å². The lowest BCUT2D eigenvalue weighted by atomic mass is 10.3. The summed E-state index contributed by atoms with van der Waals surface area (Å²) in [4.78, 5) is 0.352. The highest BCUT2D eigenvalue weighted by molar-refractivity contribution is 7.99. The van der Waals surface area contributed by atoms with Crippen molar-refractivity contribution in [3.63, 3.8) is 0 Å². The van der Waals surface area contributed by atoms with E-state index in [1.165, 1.54) is 17.8 Å². The number of halogens is 2. The Bertz CT molecular complexity index is 502. The first-order valence-electron chi connectivity index (χ1n) is 5.62. The van der Waals surface area contributed by atoms with E-state index in [0.29, 0.717) is 17.2 Å². The Labute approximate surface area is 109 Å². The Hall–Kier alpha value is -1.55. The van der Waals surface area contributed by atoms with Crippen LogP contribution in [0.1, 0.15) is 0 Å². The molecule has 2 aromatic carbocycles. The predicted molar refractivity (Wildman–Crippen MR) is 72.0 cm³/mol. The van der Waals surface area contributed by atoms with E-state index in [1.807, 2.05) is 30.3 Å². The van der Waals surface area contributed by atoms with Gasteiger partial charge in [0.2, 0.25) is 0 Å². The molecule has 0 saturated heterocycles. The van der Waals surface area contributed by atoms with Crippen molar-refractivity contribution in [2.45, 2.75) is 4.90 Å². The summed E-state index contributed by atoms with van der Waals surface area (Å²) in [5.74, 6) is -0.106. The molecule has 0 spiro atoms. The van der Waals surface area contributed by atoms with E-state index < -0.39 is 5.82 Å². The van der Waals surface area contributed by atoms with Crippen molar-refractivity contribution >= 4 is 17.4 Å². The molecule has 0 aliphatic rings. The molecule has 1 N–H and O–H groups in total. The molecule has 2 rings (SSSR count). The maximum absolute atomic E-state index is 13.3. The molecule has 0 amide bonds. The van der Waals surface area contributed by atoms with Crippen molar-refractivity contribution < 1.29 is 8.78 Å². The van der Waals surface area contributed by atoms with Gasteiger partial charge < -0.3 is 5.32 Å². The fourth-order valence-corrected chi connectivity index (χ4v) is 2.33. The first kappa shape index (κ1) is 12.9. The Morgan fingerprint density at radius 3 is 2.56 bits per heavy atom. The van der Waals surface area contributed by atoms with Crippen LogP contribution in [-0.2, 0) is 0 Å². The lowest BCUT2D eigenvalue weighted by Gasteiger charge is -2.06. The van der Waals surface area contributed by atoms with Crippen LogP contribution in [0.5, 0.6) is 0 Å². The number of anilines is 1. The summed E-state index contributed by atoms with van der Waals surface area (Å²) in [5, 5.41) is 3.21. The molecule has 94 valence electrons. The first-order chi connectivity index (χ1) is 8.75. The average Bonchev–Trinajstić information content (AvgIpc) is 2.40. The van der Waals surface area contributed by atoms with Gasteiger partial charge in [-0.25, -0.2) is 8.78 Å². The zero-order valence-corrected chi connectivity index (χ0v) is 10.5. The zero-order chi connectivity index (χ0) is 12.8. The number of thioether (sulfide) groups is 1.